The van der Waals surface area contributed by atoms with Crippen molar-refractivity contribution in [1.29, 1.82) is 0 Å². The van der Waals surface area contributed by atoms with E-state index >= 15 is 0 Å². The predicted molar refractivity (Wildman–Crippen MR) is 118 cm³/mol. The van der Waals surface area contributed by atoms with Gasteiger partial charge in [0.15, 0.2) is 9.84 Å². The molecule has 0 aliphatic carbocycles. The van der Waals surface area contributed by atoms with E-state index < -0.39 is 9.84 Å². The average Bonchev–Trinajstić information content (AvgIpc) is 3.14. The lowest BCUT2D eigenvalue weighted by molar-refractivity contribution is -0.123. The van der Waals surface area contributed by atoms with Crippen molar-refractivity contribution in [3.05, 3.63) is 34.7 Å². The van der Waals surface area contributed by atoms with E-state index in [0.29, 0.717) is 22.3 Å². The van der Waals surface area contributed by atoms with Gasteiger partial charge in [0, 0.05) is 5.56 Å². The summed E-state index contributed by atoms with van der Waals surface area (Å²) in [7, 11) is -3.08. The molecule has 2 fully saturated rings. The largest absolute Gasteiger partial charge is 0.493 e. The molecule has 0 bridgehead atoms. The fourth-order valence-corrected chi connectivity index (χ4v) is 6.45. The molecule has 0 aromatic heterocycles. The van der Waals surface area contributed by atoms with Crippen LogP contribution in [0, 0.1) is 0 Å². The van der Waals surface area contributed by atoms with Gasteiger partial charge >= 0.3 is 0 Å². The summed E-state index contributed by atoms with van der Waals surface area (Å²) < 4.78 is 29.9. The molecule has 1 aromatic rings. The van der Waals surface area contributed by atoms with Gasteiger partial charge in [0.2, 0.25) is 0 Å². The SMILES string of the molecule is CCCCCCOc1ccccc1/C=C1/SC(=S)N(C2CCS(=O)(=O)C2)C1=O. The zero-order chi connectivity index (χ0) is 20.1. The van der Waals surface area contributed by atoms with Crippen LogP contribution in [0.2, 0.25) is 0 Å². The maximum Gasteiger partial charge on any atom is 0.266 e. The number of thiocarbonyl (C=S) groups is 1. The number of hydrogen-bond acceptors (Lipinski definition) is 6. The molecule has 5 nitrogen and oxygen atoms in total. The Morgan fingerprint density at radius 3 is 2.79 bits per heavy atom. The van der Waals surface area contributed by atoms with Crippen molar-refractivity contribution in [3.63, 3.8) is 0 Å². The first-order valence-electron chi connectivity index (χ1n) is 9.60. The zero-order valence-electron chi connectivity index (χ0n) is 15.9. The minimum atomic E-state index is -3.08. The van der Waals surface area contributed by atoms with Crippen molar-refractivity contribution in [2.75, 3.05) is 18.1 Å². The van der Waals surface area contributed by atoms with Gasteiger partial charge in [-0.3, -0.25) is 9.69 Å². The Balaban J connectivity index is 1.72. The molecule has 1 amide bonds. The van der Waals surface area contributed by atoms with Crippen molar-refractivity contribution < 1.29 is 17.9 Å². The number of rotatable bonds is 8. The average molecular weight is 440 g/mol. The third-order valence-corrected chi connectivity index (χ3v) is 7.94. The fraction of sp³-hybridized carbons (Fsp3) is 0.500. The minimum absolute atomic E-state index is 0.00974. The smallest absolute Gasteiger partial charge is 0.266 e. The standard InChI is InChI=1S/C20H25NO4S3/c1-2-3-4-7-11-25-17-9-6-5-8-15(17)13-18-19(22)21(20(26)27-18)16-10-12-28(23,24)14-16/h5-6,8-9,13,16H,2-4,7,10-12,14H2,1H3/b18-13+. The number of thioether (sulfide) groups is 1. The third-order valence-electron chi connectivity index (χ3n) is 4.86. The number of nitrogens with zero attached hydrogens (tertiary/aromatic N) is 1. The first-order valence-corrected chi connectivity index (χ1v) is 12.6. The summed E-state index contributed by atoms with van der Waals surface area (Å²) in [4.78, 5) is 14.9. The van der Waals surface area contributed by atoms with E-state index in [1.165, 1.54) is 29.5 Å². The fourth-order valence-electron chi connectivity index (χ4n) is 3.36. The monoisotopic (exact) mass is 439 g/mol. The summed E-state index contributed by atoms with van der Waals surface area (Å²) >= 11 is 6.59. The molecule has 2 aliphatic rings. The van der Waals surface area contributed by atoms with Crippen molar-refractivity contribution >= 4 is 50.1 Å². The van der Waals surface area contributed by atoms with E-state index in [2.05, 4.69) is 6.92 Å². The molecule has 0 saturated carbocycles. The molecule has 8 heteroatoms. The van der Waals surface area contributed by atoms with Gasteiger partial charge in [-0.15, -0.1) is 0 Å². The summed E-state index contributed by atoms with van der Waals surface area (Å²) in [6.07, 6.45) is 6.76. The van der Waals surface area contributed by atoms with Crippen LogP contribution in [0.5, 0.6) is 5.75 Å². The maximum atomic E-state index is 12.9. The van der Waals surface area contributed by atoms with Gasteiger partial charge < -0.3 is 4.74 Å². The van der Waals surface area contributed by atoms with Crippen LogP contribution in [0.1, 0.15) is 44.6 Å². The zero-order valence-corrected chi connectivity index (χ0v) is 18.4. The van der Waals surface area contributed by atoms with E-state index in [1.807, 2.05) is 24.3 Å². The number of amides is 1. The van der Waals surface area contributed by atoms with Gasteiger partial charge in [-0.1, -0.05) is 68.4 Å². The van der Waals surface area contributed by atoms with Crippen molar-refractivity contribution in [1.82, 2.24) is 4.90 Å². The topological polar surface area (TPSA) is 63.7 Å². The number of ether oxygens (including phenoxy) is 1. The number of hydrogen-bond donors (Lipinski definition) is 0. The Labute approximate surface area is 176 Å². The van der Waals surface area contributed by atoms with Crippen LogP contribution in [-0.2, 0) is 14.6 Å². The van der Waals surface area contributed by atoms with Crippen LogP contribution in [0.4, 0.5) is 0 Å². The molecule has 0 N–H and O–H groups in total. The van der Waals surface area contributed by atoms with Crippen LogP contribution < -0.4 is 4.74 Å². The molecular formula is C20H25NO4S3. The third kappa shape index (κ3) is 5.15. The van der Waals surface area contributed by atoms with E-state index in [1.54, 1.807) is 6.08 Å². The van der Waals surface area contributed by atoms with Crippen molar-refractivity contribution in [2.45, 2.75) is 45.1 Å². The van der Waals surface area contributed by atoms with Crippen LogP contribution in [-0.4, -0.2) is 47.7 Å². The number of carbonyl (C=O) groups excluding carboxylic acids is 1. The Kier molecular flexibility index (Phi) is 7.17. The van der Waals surface area contributed by atoms with Crippen LogP contribution in [0.25, 0.3) is 6.08 Å². The quantitative estimate of drug-likeness (QED) is 0.346. The molecule has 3 rings (SSSR count). The van der Waals surface area contributed by atoms with Gasteiger partial charge in [0.25, 0.3) is 5.91 Å². The number of benzene rings is 1. The summed E-state index contributed by atoms with van der Waals surface area (Å²) in [5.41, 5.74) is 0.831. The second kappa shape index (κ2) is 9.41. The first-order chi connectivity index (χ1) is 13.4. The molecule has 1 atom stereocenters. The lowest BCUT2D eigenvalue weighted by atomic mass is 10.1. The number of sulfone groups is 1. The highest BCUT2D eigenvalue weighted by Crippen LogP contribution is 2.37. The maximum absolute atomic E-state index is 12.9. The normalized spacial score (nSPS) is 23.0. The highest BCUT2D eigenvalue weighted by molar-refractivity contribution is 8.26. The molecule has 2 heterocycles. The van der Waals surface area contributed by atoms with Gasteiger partial charge in [-0.25, -0.2) is 8.42 Å². The Morgan fingerprint density at radius 2 is 2.07 bits per heavy atom. The van der Waals surface area contributed by atoms with E-state index in [9.17, 15) is 13.2 Å². The molecule has 1 aromatic carbocycles. The van der Waals surface area contributed by atoms with Crippen molar-refractivity contribution in [3.8, 4) is 5.75 Å². The molecule has 2 saturated heterocycles. The molecule has 2 aliphatic heterocycles. The lowest BCUT2D eigenvalue weighted by Crippen LogP contribution is -2.39. The van der Waals surface area contributed by atoms with Crippen LogP contribution in [0.15, 0.2) is 29.2 Å². The number of carbonyl (C=O) groups is 1. The van der Waals surface area contributed by atoms with E-state index in [-0.39, 0.29) is 23.5 Å². The molecule has 1 unspecified atom stereocenters. The predicted octanol–water partition coefficient (Wildman–Crippen LogP) is 4.03. The molecule has 152 valence electrons. The molecule has 28 heavy (non-hydrogen) atoms. The van der Waals surface area contributed by atoms with E-state index in [4.69, 9.17) is 17.0 Å². The second-order valence-corrected chi connectivity index (χ2v) is 11.0. The summed E-state index contributed by atoms with van der Waals surface area (Å²) in [5, 5.41) is 0. The van der Waals surface area contributed by atoms with Crippen LogP contribution in [0.3, 0.4) is 0 Å². The molecule has 0 spiro atoms. The summed E-state index contributed by atoms with van der Waals surface area (Å²) in [6, 6.07) is 7.27. The Hall–Kier alpha value is -1.38. The minimum Gasteiger partial charge on any atom is -0.493 e. The van der Waals surface area contributed by atoms with Crippen LogP contribution >= 0.6 is 24.0 Å². The lowest BCUT2D eigenvalue weighted by Gasteiger charge is -2.20. The second-order valence-electron chi connectivity index (χ2n) is 7.06. The van der Waals surface area contributed by atoms with Gasteiger partial charge in [0.05, 0.1) is 29.1 Å². The van der Waals surface area contributed by atoms with Gasteiger partial charge in [-0.2, -0.15) is 0 Å². The molecular weight excluding hydrogens is 414 g/mol. The number of para-hydroxylation sites is 1. The van der Waals surface area contributed by atoms with Gasteiger partial charge in [0.1, 0.15) is 10.1 Å². The summed E-state index contributed by atoms with van der Waals surface area (Å²) in [6.45, 7) is 2.82. The Bertz CT molecular complexity index is 879. The highest BCUT2D eigenvalue weighted by atomic mass is 32.2. The Morgan fingerprint density at radius 1 is 1.29 bits per heavy atom. The van der Waals surface area contributed by atoms with Gasteiger partial charge in [-0.05, 0) is 25.0 Å². The summed E-state index contributed by atoms with van der Waals surface area (Å²) in [5.74, 6) is 0.634. The molecule has 0 radical (unpaired) electrons. The van der Waals surface area contributed by atoms with Crippen molar-refractivity contribution in [2.24, 2.45) is 0 Å². The first kappa shape index (κ1) is 21.3. The number of unbranched alkanes of at least 4 members (excludes halogenated alkanes) is 3. The highest BCUT2D eigenvalue weighted by Gasteiger charge is 2.42. The van der Waals surface area contributed by atoms with E-state index in [0.717, 1.165) is 24.2 Å².